The van der Waals surface area contributed by atoms with Crippen molar-refractivity contribution in [2.75, 3.05) is 45.4 Å². The van der Waals surface area contributed by atoms with Gasteiger partial charge in [-0.15, -0.1) is 0 Å². The zero-order valence-corrected chi connectivity index (χ0v) is 14.7. The highest BCUT2D eigenvalue weighted by atomic mass is 19.2. The number of carbonyl (C=O) groups excluding carboxylic acids is 1. The number of ether oxygens (including phenoxy) is 3. The third-order valence-electron chi connectivity index (χ3n) is 4.12. The van der Waals surface area contributed by atoms with Gasteiger partial charge in [0.05, 0.1) is 39.3 Å². The molecule has 1 saturated heterocycles. The number of methoxy groups -OCH3 is 2. The Morgan fingerprint density at radius 2 is 1.78 bits per heavy atom. The predicted octanol–water partition coefficient (Wildman–Crippen LogP) is 1.14. The minimum absolute atomic E-state index is 0.0979. The van der Waals surface area contributed by atoms with Crippen LogP contribution >= 0.6 is 0 Å². The van der Waals surface area contributed by atoms with Crippen molar-refractivity contribution in [3.8, 4) is 11.4 Å². The molecule has 0 bridgehead atoms. The molecular formula is C17H17F2N3O5. The van der Waals surface area contributed by atoms with Crippen molar-refractivity contribution in [2.45, 2.75) is 0 Å². The lowest BCUT2D eigenvalue weighted by atomic mass is 10.2. The van der Waals surface area contributed by atoms with Crippen LogP contribution in [0.15, 0.2) is 23.1 Å². The van der Waals surface area contributed by atoms with Crippen LogP contribution in [0, 0.1) is 11.6 Å². The molecule has 144 valence electrons. The Balaban J connectivity index is 2.10. The third-order valence-corrected chi connectivity index (χ3v) is 4.12. The molecule has 3 rings (SSSR count). The summed E-state index contributed by atoms with van der Waals surface area (Å²) in [6, 6.07) is 2.71. The molecule has 2 aromatic rings. The number of halogens is 2. The number of rotatable bonds is 4. The van der Waals surface area contributed by atoms with Gasteiger partial charge in [-0.2, -0.15) is 5.10 Å². The average molecular weight is 381 g/mol. The van der Waals surface area contributed by atoms with Crippen molar-refractivity contribution >= 4 is 11.7 Å². The lowest BCUT2D eigenvalue weighted by Gasteiger charge is -2.29. The Morgan fingerprint density at radius 1 is 1.15 bits per heavy atom. The van der Waals surface area contributed by atoms with Gasteiger partial charge < -0.3 is 19.1 Å². The quantitative estimate of drug-likeness (QED) is 0.735. The first-order chi connectivity index (χ1) is 13.0. The first-order valence-electron chi connectivity index (χ1n) is 8.05. The second kappa shape index (κ2) is 7.70. The number of benzene rings is 1. The van der Waals surface area contributed by atoms with Crippen LogP contribution < -0.4 is 15.1 Å². The molecule has 0 amide bonds. The van der Waals surface area contributed by atoms with E-state index >= 15 is 0 Å². The summed E-state index contributed by atoms with van der Waals surface area (Å²) >= 11 is 0. The largest absolute Gasteiger partial charge is 0.491 e. The van der Waals surface area contributed by atoms with Gasteiger partial charge in [0.1, 0.15) is 5.69 Å². The normalized spacial score (nSPS) is 14.1. The second-order valence-electron chi connectivity index (χ2n) is 5.64. The second-order valence-corrected chi connectivity index (χ2v) is 5.64. The fourth-order valence-electron chi connectivity index (χ4n) is 2.72. The molecule has 1 aromatic carbocycles. The molecule has 0 spiro atoms. The van der Waals surface area contributed by atoms with E-state index in [4.69, 9.17) is 9.47 Å². The number of hydrogen-bond donors (Lipinski definition) is 0. The van der Waals surface area contributed by atoms with Crippen LogP contribution in [0.1, 0.15) is 10.5 Å². The summed E-state index contributed by atoms with van der Waals surface area (Å²) in [5, 5.41) is 3.78. The van der Waals surface area contributed by atoms with Crippen molar-refractivity contribution < 1.29 is 27.8 Å². The van der Waals surface area contributed by atoms with Crippen LogP contribution in [0.5, 0.6) is 5.75 Å². The lowest BCUT2D eigenvalue weighted by molar-refractivity contribution is 0.0589. The molecule has 1 aliphatic rings. The highest BCUT2D eigenvalue weighted by Gasteiger charge is 2.23. The highest BCUT2D eigenvalue weighted by Crippen LogP contribution is 2.27. The molecule has 0 atom stereocenters. The maximum atomic E-state index is 14.7. The molecule has 1 fully saturated rings. The van der Waals surface area contributed by atoms with Crippen molar-refractivity contribution in [3.05, 3.63) is 45.9 Å². The Labute approximate surface area is 152 Å². The molecule has 1 aromatic heterocycles. The van der Waals surface area contributed by atoms with Crippen molar-refractivity contribution in [1.82, 2.24) is 9.78 Å². The molecule has 0 saturated carbocycles. The number of carbonyl (C=O) groups is 1. The lowest BCUT2D eigenvalue weighted by Crippen LogP contribution is -2.37. The smallest absolute Gasteiger partial charge is 0.362 e. The Hall–Kier alpha value is -3.01. The minimum Gasteiger partial charge on any atom is -0.491 e. The van der Waals surface area contributed by atoms with E-state index < -0.39 is 28.7 Å². The maximum Gasteiger partial charge on any atom is 0.362 e. The van der Waals surface area contributed by atoms with Gasteiger partial charge in [-0.1, -0.05) is 0 Å². The van der Waals surface area contributed by atoms with E-state index in [9.17, 15) is 18.4 Å². The van der Waals surface area contributed by atoms with Gasteiger partial charge in [-0.25, -0.2) is 18.3 Å². The van der Waals surface area contributed by atoms with Crippen LogP contribution in [-0.2, 0) is 9.47 Å². The number of nitrogens with zero attached hydrogens (tertiary/aromatic N) is 3. The molecule has 0 N–H and O–H groups in total. The van der Waals surface area contributed by atoms with E-state index in [1.165, 1.54) is 19.2 Å². The summed E-state index contributed by atoms with van der Waals surface area (Å²) in [5.74, 6) is -3.51. The fraction of sp³-hybridized carbons (Fsp3) is 0.353. The number of esters is 1. The topological polar surface area (TPSA) is 82.9 Å². The van der Waals surface area contributed by atoms with E-state index in [0.29, 0.717) is 26.3 Å². The van der Waals surface area contributed by atoms with Crippen molar-refractivity contribution in [3.63, 3.8) is 0 Å². The van der Waals surface area contributed by atoms with Gasteiger partial charge in [0.15, 0.2) is 17.4 Å². The van der Waals surface area contributed by atoms with Crippen molar-refractivity contribution in [1.29, 1.82) is 0 Å². The SMILES string of the molecule is COC(=O)c1nn(-c2ccc(N3CCOCC3)c(F)c2F)cc(OC)c1=O. The third kappa shape index (κ3) is 3.47. The van der Waals surface area contributed by atoms with E-state index in [1.54, 1.807) is 4.90 Å². The molecule has 0 radical (unpaired) electrons. The van der Waals surface area contributed by atoms with E-state index in [2.05, 4.69) is 9.84 Å². The van der Waals surface area contributed by atoms with E-state index in [1.807, 2.05) is 0 Å². The Bertz CT molecular complexity index is 926. The number of morpholine rings is 1. The summed E-state index contributed by atoms with van der Waals surface area (Å²) in [4.78, 5) is 25.5. The van der Waals surface area contributed by atoms with Crippen LogP contribution in [-0.4, -0.2) is 56.3 Å². The standard InChI is InChI=1S/C17H17F2N3O5/c1-25-12-9-22(20-15(16(12)23)17(24)26-2)11-4-3-10(13(18)14(11)19)21-5-7-27-8-6-21/h3-4,9H,5-8H2,1-2H3. The van der Waals surface area contributed by atoms with Gasteiger partial charge in [0, 0.05) is 13.1 Å². The van der Waals surface area contributed by atoms with Gasteiger partial charge in [0.25, 0.3) is 5.43 Å². The van der Waals surface area contributed by atoms with Crippen LogP contribution in [0.3, 0.4) is 0 Å². The molecular weight excluding hydrogens is 364 g/mol. The Kier molecular flexibility index (Phi) is 5.36. The van der Waals surface area contributed by atoms with Crippen LogP contribution in [0.2, 0.25) is 0 Å². The van der Waals surface area contributed by atoms with Crippen LogP contribution in [0.4, 0.5) is 14.5 Å². The summed E-state index contributed by atoms with van der Waals surface area (Å²) in [6.07, 6.45) is 1.07. The number of aromatic nitrogens is 2. The van der Waals surface area contributed by atoms with Gasteiger partial charge in [-0.05, 0) is 12.1 Å². The van der Waals surface area contributed by atoms with Gasteiger partial charge in [0.2, 0.25) is 5.69 Å². The average Bonchev–Trinajstić information content (AvgIpc) is 2.70. The first-order valence-corrected chi connectivity index (χ1v) is 8.05. The highest BCUT2D eigenvalue weighted by molar-refractivity contribution is 5.87. The molecule has 0 unspecified atom stereocenters. The molecule has 2 heterocycles. The van der Waals surface area contributed by atoms with E-state index in [0.717, 1.165) is 18.0 Å². The predicted molar refractivity (Wildman–Crippen MR) is 90.7 cm³/mol. The monoisotopic (exact) mass is 381 g/mol. The number of hydrogen-bond acceptors (Lipinski definition) is 7. The number of anilines is 1. The van der Waals surface area contributed by atoms with Gasteiger partial charge in [-0.3, -0.25) is 4.79 Å². The van der Waals surface area contributed by atoms with Gasteiger partial charge >= 0.3 is 5.97 Å². The van der Waals surface area contributed by atoms with Crippen LogP contribution in [0.25, 0.3) is 5.69 Å². The fourth-order valence-corrected chi connectivity index (χ4v) is 2.72. The summed E-state index contributed by atoms with van der Waals surface area (Å²) in [6.45, 7) is 1.71. The first kappa shape index (κ1) is 18.8. The molecule has 10 heteroatoms. The summed E-state index contributed by atoms with van der Waals surface area (Å²) in [7, 11) is 2.28. The van der Waals surface area contributed by atoms with E-state index in [-0.39, 0.29) is 17.1 Å². The molecule has 1 aliphatic heterocycles. The summed E-state index contributed by atoms with van der Waals surface area (Å²) < 4.78 is 44.9. The zero-order valence-electron chi connectivity index (χ0n) is 14.7. The molecule has 27 heavy (non-hydrogen) atoms. The maximum absolute atomic E-state index is 14.7. The minimum atomic E-state index is -1.17. The van der Waals surface area contributed by atoms with Crippen molar-refractivity contribution in [2.24, 2.45) is 0 Å². The Morgan fingerprint density at radius 3 is 2.41 bits per heavy atom. The summed E-state index contributed by atoms with van der Waals surface area (Å²) in [5.41, 5.74) is -1.60. The molecule has 0 aliphatic carbocycles. The zero-order chi connectivity index (χ0) is 19.6. The molecule has 8 nitrogen and oxygen atoms in total.